The van der Waals surface area contributed by atoms with E-state index < -0.39 is 5.60 Å². The number of rotatable bonds is 5. The fourth-order valence-corrected chi connectivity index (χ4v) is 3.49. The summed E-state index contributed by atoms with van der Waals surface area (Å²) in [6.45, 7) is 4.88. The fraction of sp³-hybridized carbons (Fsp3) is 0.412. The second-order valence-corrected chi connectivity index (χ2v) is 6.75. The Bertz CT molecular complexity index is 831. The Morgan fingerprint density at radius 2 is 2.24 bits per heavy atom. The van der Waals surface area contributed by atoms with Gasteiger partial charge in [0, 0.05) is 25.8 Å². The number of aliphatic hydroxyl groups is 1. The molecule has 1 atom stereocenters. The zero-order valence-electron chi connectivity index (χ0n) is 14.2. The van der Waals surface area contributed by atoms with E-state index in [0.717, 1.165) is 30.8 Å². The molecule has 1 aliphatic rings. The smallest absolute Gasteiger partial charge is 0.138 e. The summed E-state index contributed by atoms with van der Waals surface area (Å²) in [6.07, 6.45) is 7.39. The van der Waals surface area contributed by atoms with Gasteiger partial charge in [-0.05, 0) is 30.5 Å². The van der Waals surface area contributed by atoms with Gasteiger partial charge in [0.2, 0.25) is 0 Å². The Hall–Kier alpha value is -2.58. The average Bonchev–Trinajstić information content (AvgIpc) is 3.31. The zero-order valence-corrected chi connectivity index (χ0v) is 14.2. The number of likely N-dealkylation sites (tertiary alicyclic amines) is 1. The molecule has 8 nitrogen and oxygen atoms in total. The van der Waals surface area contributed by atoms with Gasteiger partial charge in [-0.1, -0.05) is 17.3 Å². The summed E-state index contributed by atoms with van der Waals surface area (Å²) < 4.78 is 3.46. The topological polar surface area (TPSA) is 84.9 Å². The Labute approximate surface area is 145 Å². The quantitative estimate of drug-likeness (QED) is 0.740. The highest BCUT2D eigenvalue weighted by atomic mass is 16.3. The third kappa shape index (κ3) is 3.45. The van der Waals surface area contributed by atoms with E-state index >= 15 is 0 Å². The maximum Gasteiger partial charge on any atom is 0.138 e. The number of aromatic nitrogens is 6. The number of nitrogens with zero attached hydrogens (tertiary/aromatic N) is 7. The molecule has 1 aromatic carbocycles. The minimum Gasteiger partial charge on any atom is -0.387 e. The van der Waals surface area contributed by atoms with E-state index in [1.165, 1.54) is 11.9 Å². The van der Waals surface area contributed by atoms with Crippen LogP contribution in [0.15, 0.2) is 43.2 Å². The van der Waals surface area contributed by atoms with Crippen LogP contribution in [0.4, 0.5) is 0 Å². The van der Waals surface area contributed by atoms with Gasteiger partial charge in [-0.25, -0.2) is 14.3 Å². The van der Waals surface area contributed by atoms with Crippen LogP contribution in [-0.2, 0) is 13.1 Å². The average molecular weight is 339 g/mol. The second-order valence-electron chi connectivity index (χ2n) is 6.75. The number of benzene rings is 1. The normalized spacial score (nSPS) is 21.0. The molecular formula is C17H21N7O. The lowest BCUT2D eigenvalue weighted by molar-refractivity contribution is 0.0274. The maximum atomic E-state index is 10.8. The van der Waals surface area contributed by atoms with Crippen molar-refractivity contribution in [2.75, 3.05) is 13.1 Å². The van der Waals surface area contributed by atoms with Gasteiger partial charge in [-0.3, -0.25) is 4.90 Å². The molecule has 3 heterocycles. The molecule has 1 fully saturated rings. The van der Waals surface area contributed by atoms with Gasteiger partial charge >= 0.3 is 0 Å². The Morgan fingerprint density at radius 3 is 2.96 bits per heavy atom. The van der Waals surface area contributed by atoms with Crippen LogP contribution in [0.1, 0.15) is 17.5 Å². The summed E-state index contributed by atoms with van der Waals surface area (Å²) in [5.74, 6) is 0. The lowest BCUT2D eigenvalue weighted by atomic mass is 10.0. The maximum absolute atomic E-state index is 10.8. The van der Waals surface area contributed by atoms with E-state index in [-0.39, 0.29) is 0 Å². The van der Waals surface area contributed by atoms with Crippen molar-refractivity contribution in [3.8, 4) is 5.69 Å². The number of hydrogen-bond donors (Lipinski definition) is 1. The molecule has 1 N–H and O–H groups in total. The Balaban J connectivity index is 1.42. The highest BCUT2D eigenvalue weighted by Crippen LogP contribution is 2.25. The summed E-state index contributed by atoms with van der Waals surface area (Å²) >= 11 is 0. The third-order valence-electron chi connectivity index (χ3n) is 4.67. The van der Waals surface area contributed by atoms with Gasteiger partial charge < -0.3 is 5.11 Å². The minimum atomic E-state index is -0.747. The number of β-amino-alcohol motifs (C(OH)–C–C–N with tert-alkyl or cyclic N) is 1. The van der Waals surface area contributed by atoms with Crippen molar-refractivity contribution in [2.45, 2.75) is 32.0 Å². The van der Waals surface area contributed by atoms with Crippen molar-refractivity contribution in [2.24, 2.45) is 0 Å². The van der Waals surface area contributed by atoms with Crippen molar-refractivity contribution in [1.82, 2.24) is 34.7 Å². The molecule has 25 heavy (non-hydrogen) atoms. The zero-order chi connectivity index (χ0) is 17.3. The fourth-order valence-electron chi connectivity index (χ4n) is 3.49. The number of aryl methyl sites for hydroxylation is 1. The molecule has 1 saturated heterocycles. The molecule has 0 spiro atoms. The summed E-state index contributed by atoms with van der Waals surface area (Å²) in [4.78, 5) is 6.27. The summed E-state index contributed by atoms with van der Waals surface area (Å²) in [7, 11) is 0. The van der Waals surface area contributed by atoms with Crippen molar-refractivity contribution in [3.63, 3.8) is 0 Å². The molecule has 2 aromatic heterocycles. The predicted octanol–water partition coefficient (Wildman–Crippen LogP) is 0.804. The standard InChI is InChI=1S/C17H21N7O/c1-14-8-15(2-3-16(14)24-13-18-12-20-24)9-22-6-4-17(25,10-22)11-23-7-5-19-21-23/h2-3,5,7-8,12-13,25H,4,6,9-11H2,1H3. The van der Waals surface area contributed by atoms with Crippen LogP contribution in [0.3, 0.4) is 0 Å². The molecule has 1 unspecified atom stereocenters. The van der Waals surface area contributed by atoms with E-state index in [4.69, 9.17) is 0 Å². The van der Waals surface area contributed by atoms with Crippen LogP contribution in [-0.4, -0.2) is 58.5 Å². The van der Waals surface area contributed by atoms with Crippen molar-refractivity contribution in [1.29, 1.82) is 0 Å². The van der Waals surface area contributed by atoms with E-state index in [2.05, 4.69) is 50.4 Å². The highest BCUT2D eigenvalue weighted by molar-refractivity contribution is 5.41. The molecule has 0 amide bonds. The largest absolute Gasteiger partial charge is 0.387 e. The van der Waals surface area contributed by atoms with Gasteiger partial charge in [0.1, 0.15) is 12.7 Å². The third-order valence-corrected chi connectivity index (χ3v) is 4.67. The van der Waals surface area contributed by atoms with Gasteiger partial charge in [0.05, 0.1) is 24.0 Å². The Morgan fingerprint density at radius 1 is 1.32 bits per heavy atom. The summed E-state index contributed by atoms with van der Waals surface area (Å²) in [5.41, 5.74) is 2.67. The van der Waals surface area contributed by atoms with E-state index in [9.17, 15) is 5.11 Å². The van der Waals surface area contributed by atoms with Crippen molar-refractivity contribution >= 4 is 0 Å². The van der Waals surface area contributed by atoms with Crippen LogP contribution >= 0.6 is 0 Å². The first-order valence-corrected chi connectivity index (χ1v) is 8.35. The number of hydrogen-bond acceptors (Lipinski definition) is 6. The molecule has 1 aliphatic heterocycles. The molecule has 0 bridgehead atoms. The van der Waals surface area contributed by atoms with Crippen molar-refractivity contribution < 1.29 is 5.11 Å². The molecule has 0 radical (unpaired) electrons. The van der Waals surface area contributed by atoms with Crippen LogP contribution in [0.25, 0.3) is 5.69 Å². The van der Waals surface area contributed by atoms with Crippen LogP contribution < -0.4 is 0 Å². The summed E-state index contributed by atoms with van der Waals surface area (Å²) in [6, 6.07) is 6.35. The SMILES string of the molecule is Cc1cc(CN2CCC(O)(Cn3ccnn3)C2)ccc1-n1cncn1. The van der Waals surface area contributed by atoms with E-state index in [1.54, 1.807) is 28.1 Å². The second kappa shape index (κ2) is 6.38. The molecule has 0 saturated carbocycles. The van der Waals surface area contributed by atoms with Gasteiger partial charge in [0.25, 0.3) is 0 Å². The lowest BCUT2D eigenvalue weighted by Crippen LogP contribution is -2.37. The van der Waals surface area contributed by atoms with Crippen LogP contribution in [0.5, 0.6) is 0 Å². The molecule has 0 aliphatic carbocycles. The minimum absolute atomic E-state index is 0.480. The monoisotopic (exact) mass is 339 g/mol. The Kier molecular flexibility index (Phi) is 4.06. The first-order chi connectivity index (χ1) is 12.1. The van der Waals surface area contributed by atoms with Crippen molar-refractivity contribution in [3.05, 3.63) is 54.4 Å². The van der Waals surface area contributed by atoms with Crippen LogP contribution in [0.2, 0.25) is 0 Å². The van der Waals surface area contributed by atoms with Crippen LogP contribution in [0, 0.1) is 6.92 Å². The van der Waals surface area contributed by atoms with E-state index in [1.807, 2.05) is 0 Å². The predicted molar refractivity (Wildman–Crippen MR) is 91.0 cm³/mol. The molecule has 8 heteroatoms. The first-order valence-electron chi connectivity index (χ1n) is 8.35. The van der Waals surface area contributed by atoms with Gasteiger partial charge in [-0.15, -0.1) is 5.10 Å². The molecule has 130 valence electrons. The molecule has 3 aromatic rings. The van der Waals surface area contributed by atoms with E-state index in [0.29, 0.717) is 13.1 Å². The first kappa shape index (κ1) is 15.9. The summed E-state index contributed by atoms with van der Waals surface area (Å²) in [5, 5.41) is 22.7. The molecular weight excluding hydrogens is 318 g/mol. The lowest BCUT2D eigenvalue weighted by Gasteiger charge is -2.23. The van der Waals surface area contributed by atoms with Gasteiger partial charge in [-0.2, -0.15) is 5.10 Å². The molecule has 4 rings (SSSR count). The highest BCUT2D eigenvalue weighted by Gasteiger charge is 2.36. The van der Waals surface area contributed by atoms with Gasteiger partial charge in [0.15, 0.2) is 0 Å².